The zero-order chi connectivity index (χ0) is 6.41. The summed E-state index contributed by atoms with van der Waals surface area (Å²) in [6.45, 7) is 0. The zero-order valence-corrected chi connectivity index (χ0v) is 6.24. The topological polar surface area (TPSA) is 81.3 Å². The molecule has 9 heavy (non-hydrogen) atoms. The minimum atomic E-state index is -0.262. The van der Waals surface area contributed by atoms with Gasteiger partial charge in [-0.05, 0) is 18.4 Å². The second-order valence-corrected chi connectivity index (χ2v) is 2.50. The Morgan fingerprint density at radius 1 is 1.78 bits per heavy atom. The molecule has 0 aromatic carbocycles. The maximum atomic E-state index is 8.18. The molecule has 0 aliphatic carbocycles. The van der Waals surface area contributed by atoms with Gasteiger partial charge in [-0.1, -0.05) is 0 Å². The van der Waals surface area contributed by atoms with Gasteiger partial charge in [-0.2, -0.15) is 17.0 Å². The van der Waals surface area contributed by atoms with Crippen LogP contribution in [0.15, 0.2) is 0 Å². The lowest BCUT2D eigenvalue weighted by Crippen LogP contribution is -2.17. The fraction of sp³-hybridized carbons (Fsp3) is 0.800. The summed E-state index contributed by atoms with van der Waals surface area (Å²) in [5, 5.41) is 8.18. The van der Waals surface area contributed by atoms with E-state index in [9.17, 15) is 0 Å². The lowest BCUT2D eigenvalue weighted by molar-refractivity contribution is 0.804. The van der Waals surface area contributed by atoms with E-state index in [1.54, 1.807) is 11.8 Å². The maximum absolute atomic E-state index is 8.18. The zero-order valence-electron chi connectivity index (χ0n) is 5.42. The third kappa shape index (κ3) is 7.76. The largest absolute Gasteiger partial charge is 0.412 e. The Kier molecular flexibility index (Phi) is 9.95. The minimum absolute atomic E-state index is 0. The van der Waals surface area contributed by atoms with Gasteiger partial charge in [0, 0.05) is 0 Å². The lowest BCUT2D eigenvalue weighted by Gasteiger charge is -1.96. The summed E-state index contributed by atoms with van der Waals surface area (Å²) in [6.07, 6.45) is 2.81. The van der Waals surface area contributed by atoms with Crippen LogP contribution in [0, 0.1) is 11.3 Å². The first-order valence-corrected chi connectivity index (χ1v) is 3.84. The Morgan fingerprint density at radius 3 is 2.67 bits per heavy atom. The number of thioether (sulfide) groups is 1. The second kappa shape index (κ2) is 7.76. The van der Waals surface area contributed by atoms with E-state index in [-0.39, 0.29) is 11.5 Å². The first-order valence-electron chi connectivity index (χ1n) is 2.45. The van der Waals surface area contributed by atoms with Gasteiger partial charge in [0.15, 0.2) is 0 Å². The maximum Gasteiger partial charge on any atom is 0.0935 e. The van der Waals surface area contributed by atoms with Crippen LogP contribution in [-0.2, 0) is 0 Å². The van der Waals surface area contributed by atoms with Crippen LogP contribution in [0.4, 0.5) is 0 Å². The Balaban J connectivity index is 0. The van der Waals surface area contributed by atoms with Crippen LogP contribution >= 0.6 is 11.8 Å². The van der Waals surface area contributed by atoms with Gasteiger partial charge in [-0.25, -0.2) is 0 Å². The first kappa shape index (κ1) is 11.5. The minimum Gasteiger partial charge on any atom is -0.412 e. The molecule has 0 amide bonds. The third-order valence-corrected chi connectivity index (χ3v) is 1.44. The van der Waals surface area contributed by atoms with Crippen LogP contribution in [-0.4, -0.2) is 23.5 Å². The molecule has 0 radical (unpaired) electrons. The van der Waals surface area contributed by atoms with E-state index in [1.165, 1.54) is 0 Å². The van der Waals surface area contributed by atoms with Crippen LogP contribution in [0.2, 0.25) is 0 Å². The molecule has 0 aliphatic heterocycles. The third-order valence-electron chi connectivity index (χ3n) is 0.799. The molecule has 0 bridgehead atoms. The van der Waals surface area contributed by atoms with E-state index in [0.29, 0.717) is 0 Å². The Labute approximate surface area is 59.5 Å². The number of rotatable bonds is 3. The number of hydrogen-bond donors (Lipinski definition) is 1. The van der Waals surface area contributed by atoms with Crippen molar-refractivity contribution < 1.29 is 5.48 Å². The molecule has 0 rings (SSSR count). The summed E-state index contributed by atoms with van der Waals surface area (Å²) < 4.78 is 0. The van der Waals surface area contributed by atoms with Crippen LogP contribution in [0.1, 0.15) is 6.42 Å². The molecule has 0 spiro atoms. The van der Waals surface area contributed by atoms with E-state index in [4.69, 9.17) is 11.0 Å². The van der Waals surface area contributed by atoms with Crippen molar-refractivity contribution in [1.82, 2.24) is 0 Å². The van der Waals surface area contributed by atoms with Gasteiger partial charge in [0.2, 0.25) is 0 Å². The van der Waals surface area contributed by atoms with Crippen molar-refractivity contribution >= 4 is 11.8 Å². The van der Waals surface area contributed by atoms with E-state index in [2.05, 4.69) is 0 Å². The number of nitriles is 1. The molecule has 0 saturated heterocycles. The van der Waals surface area contributed by atoms with Crippen molar-refractivity contribution in [3.8, 4) is 6.07 Å². The van der Waals surface area contributed by atoms with Gasteiger partial charge in [-0.3, -0.25) is 0 Å². The van der Waals surface area contributed by atoms with Crippen molar-refractivity contribution in [2.75, 3.05) is 12.0 Å². The molecule has 3 nitrogen and oxygen atoms in total. The highest BCUT2D eigenvalue weighted by atomic mass is 32.2. The molecule has 54 valence electrons. The van der Waals surface area contributed by atoms with Gasteiger partial charge >= 0.3 is 0 Å². The molecule has 0 aliphatic rings. The Hall–Kier alpha value is -0.240. The molecule has 0 fully saturated rings. The van der Waals surface area contributed by atoms with Crippen molar-refractivity contribution in [2.45, 2.75) is 12.5 Å². The Morgan fingerprint density at radius 2 is 2.33 bits per heavy atom. The molecule has 1 atom stereocenters. The number of hydrogen-bond acceptors (Lipinski definition) is 3. The molecule has 0 aromatic rings. The summed E-state index contributed by atoms with van der Waals surface area (Å²) in [7, 11) is 0. The second-order valence-electron chi connectivity index (χ2n) is 1.52. The highest BCUT2D eigenvalue weighted by molar-refractivity contribution is 7.98. The van der Waals surface area contributed by atoms with E-state index in [0.717, 1.165) is 12.2 Å². The van der Waals surface area contributed by atoms with Gasteiger partial charge < -0.3 is 11.2 Å². The van der Waals surface area contributed by atoms with Gasteiger partial charge in [-0.15, -0.1) is 0 Å². The average molecular weight is 148 g/mol. The van der Waals surface area contributed by atoms with Crippen LogP contribution in [0.25, 0.3) is 0 Å². The molecular formula is C5H12N2OS. The highest BCUT2D eigenvalue weighted by Gasteiger charge is 1.95. The van der Waals surface area contributed by atoms with Crippen LogP contribution < -0.4 is 5.73 Å². The van der Waals surface area contributed by atoms with E-state index in [1.807, 2.05) is 12.3 Å². The summed E-state index contributed by atoms with van der Waals surface area (Å²) in [5.74, 6) is 0.981. The van der Waals surface area contributed by atoms with Crippen molar-refractivity contribution in [3.63, 3.8) is 0 Å². The molecule has 1 unspecified atom stereocenters. The molecule has 4 N–H and O–H groups in total. The lowest BCUT2D eigenvalue weighted by atomic mass is 10.3. The molecule has 0 saturated carbocycles. The summed E-state index contributed by atoms with van der Waals surface area (Å²) in [4.78, 5) is 0. The number of nitrogens with zero attached hydrogens (tertiary/aromatic N) is 1. The van der Waals surface area contributed by atoms with Crippen molar-refractivity contribution in [1.29, 1.82) is 5.26 Å². The predicted octanol–water partition coefficient (Wildman–Crippen LogP) is -0.234. The summed E-state index contributed by atoms with van der Waals surface area (Å²) >= 11 is 1.71. The standard InChI is InChI=1S/C5H10N2S.H2O/c1-8-3-2-5(7)4-6;/h5H,2-3,7H2,1H3;1H2. The smallest absolute Gasteiger partial charge is 0.0935 e. The normalized spacial score (nSPS) is 11.2. The molecule has 4 heteroatoms. The molecular weight excluding hydrogens is 136 g/mol. The summed E-state index contributed by atoms with van der Waals surface area (Å²) in [5.41, 5.74) is 5.28. The van der Waals surface area contributed by atoms with Gasteiger partial charge in [0.25, 0.3) is 0 Å². The fourth-order valence-corrected chi connectivity index (χ4v) is 0.799. The summed E-state index contributed by atoms with van der Waals surface area (Å²) in [6, 6.07) is 1.70. The SMILES string of the molecule is CSCCC(N)C#N.O. The Bertz CT molecular complexity index is 91.4. The fourth-order valence-electron chi connectivity index (χ4n) is 0.309. The monoisotopic (exact) mass is 148 g/mol. The number of nitrogens with two attached hydrogens (primary N) is 1. The molecule has 0 aromatic heterocycles. The molecule has 0 heterocycles. The predicted molar refractivity (Wildman–Crippen MR) is 40.2 cm³/mol. The van der Waals surface area contributed by atoms with E-state index < -0.39 is 0 Å². The van der Waals surface area contributed by atoms with Crippen LogP contribution in [0.5, 0.6) is 0 Å². The van der Waals surface area contributed by atoms with Crippen LogP contribution in [0.3, 0.4) is 0 Å². The highest BCUT2D eigenvalue weighted by Crippen LogP contribution is 1.96. The average Bonchev–Trinajstić information content (AvgIpc) is 1.83. The van der Waals surface area contributed by atoms with Gasteiger partial charge in [0.1, 0.15) is 0 Å². The van der Waals surface area contributed by atoms with Crippen molar-refractivity contribution in [3.05, 3.63) is 0 Å². The van der Waals surface area contributed by atoms with Crippen molar-refractivity contribution in [2.24, 2.45) is 5.73 Å². The quantitative estimate of drug-likeness (QED) is 0.600. The van der Waals surface area contributed by atoms with Gasteiger partial charge in [0.05, 0.1) is 12.1 Å². The van der Waals surface area contributed by atoms with E-state index >= 15 is 0 Å². The first-order chi connectivity index (χ1) is 3.81.